The van der Waals surface area contributed by atoms with Crippen molar-refractivity contribution in [2.45, 2.75) is 6.42 Å². The summed E-state index contributed by atoms with van der Waals surface area (Å²) in [4.78, 5) is 12.2. The average Bonchev–Trinajstić information content (AvgIpc) is 2.73. The number of nitrogens with zero attached hydrogens (tertiary/aromatic N) is 2. The van der Waals surface area contributed by atoms with Gasteiger partial charge in [0.25, 0.3) is 0 Å². The predicted octanol–water partition coefficient (Wildman–Crippen LogP) is 5.71. The highest BCUT2D eigenvalue weighted by Gasteiger charge is 2.08. The van der Waals surface area contributed by atoms with Gasteiger partial charge in [-0.25, -0.2) is 4.79 Å². The number of amides is 2. The first-order valence-corrected chi connectivity index (χ1v) is 8.96. The molecule has 3 rings (SSSR count). The van der Waals surface area contributed by atoms with E-state index in [9.17, 15) is 4.79 Å². The van der Waals surface area contributed by atoms with Crippen molar-refractivity contribution >= 4 is 29.0 Å². The number of anilines is 2. The molecule has 0 aliphatic carbocycles. The molecule has 0 fully saturated rings. The van der Waals surface area contributed by atoms with Crippen molar-refractivity contribution in [2.75, 3.05) is 10.6 Å². The number of nitrogens with one attached hydrogen (secondary N) is 2. The monoisotopic (exact) mass is 402 g/mol. The predicted molar refractivity (Wildman–Crippen MR) is 111 cm³/mol. The van der Waals surface area contributed by atoms with E-state index in [1.807, 2.05) is 6.07 Å². The summed E-state index contributed by atoms with van der Waals surface area (Å²) in [7, 11) is 0. The first-order chi connectivity index (χ1) is 14.1. The molecule has 2 N–H and O–H groups in total. The molecular formula is C22H15ClN4O2. The van der Waals surface area contributed by atoms with Crippen molar-refractivity contribution in [2.24, 2.45) is 0 Å². The minimum Gasteiger partial charge on any atom is -0.456 e. The van der Waals surface area contributed by atoms with E-state index in [1.54, 1.807) is 66.7 Å². The third kappa shape index (κ3) is 5.49. The normalized spacial score (nSPS) is 9.76. The molecule has 0 aliphatic rings. The molecule has 0 bridgehead atoms. The van der Waals surface area contributed by atoms with Gasteiger partial charge in [0.15, 0.2) is 0 Å². The molecule has 0 unspecified atom stereocenters. The molecule has 0 heterocycles. The van der Waals surface area contributed by atoms with Gasteiger partial charge in [0.2, 0.25) is 0 Å². The number of halogens is 1. The number of nitriles is 2. The first-order valence-electron chi connectivity index (χ1n) is 8.59. The van der Waals surface area contributed by atoms with E-state index in [0.29, 0.717) is 39.9 Å². The summed E-state index contributed by atoms with van der Waals surface area (Å²) >= 11 is 6.18. The second-order valence-corrected chi connectivity index (χ2v) is 6.40. The van der Waals surface area contributed by atoms with E-state index in [1.165, 1.54) is 0 Å². The first kappa shape index (κ1) is 19.8. The highest BCUT2D eigenvalue weighted by atomic mass is 35.5. The van der Waals surface area contributed by atoms with E-state index in [2.05, 4.69) is 16.7 Å². The van der Waals surface area contributed by atoms with E-state index in [-0.39, 0.29) is 0 Å². The van der Waals surface area contributed by atoms with Gasteiger partial charge in [-0.2, -0.15) is 10.5 Å². The van der Waals surface area contributed by atoms with Gasteiger partial charge < -0.3 is 15.4 Å². The molecule has 0 saturated carbocycles. The minimum atomic E-state index is -0.426. The maximum atomic E-state index is 12.2. The third-order valence-corrected chi connectivity index (χ3v) is 4.21. The van der Waals surface area contributed by atoms with E-state index in [4.69, 9.17) is 26.9 Å². The number of urea groups is 1. The molecule has 0 spiro atoms. The van der Waals surface area contributed by atoms with Crippen molar-refractivity contribution < 1.29 is 9.53 Å². The molecular weight excluding hydrogens is 388 g/mol. The van der Waals surface area contributed by atoms with Crippen LogP contribution in [-0.2, 0) is 6.42 Å². The number of hydrogen-bond acceptors (Lipinski definition) is 4. The van der Waals surface area contributed by atoms with Crippen LogP contribution in [0.4, 0.5) is 16.2 Å². The Labute approximate surface area is 172 Å². The highest BCUT2D eigenvalue weighted by Crippen LogP contribution is 2.32. The van der Waals surface area contributed by atoms with Gasteiger partial charge >= 0.3 is 6.03 Å². The van der Waals surface area contributed by atoms with Crippen LogP contribution in [0.3, 0.4) is 0 Å². The molecule has 2 amide bonds. The quantitative estimate of drug-likeness (QED) is 0.570. The van der Waals surface area contributed by atoms with Crippen LogP contribution in [0.2, 0.25) is 5.02 Å². The fraction of sp³-hybridized carbons (Fsp3) is 0.0455. The minimum absolute atomic E-state index is 0.319. The molecule has 142 valence electrons. The van der Waals surface area contributed by atoms with Gasteiger partial charge in [-0.1, -0.05) is 23.7 Å². The van der Waals surface area contributed by atoms with Gasteiger partial charge in [0, 0.05) is 17.4 Å². The van der Waals surface area contributed by atoms with Crippen molar-refractivity contribution in [3.05, 3.63) is 82.9 Å². The molecule has 0 radical (unpaired) electrons. The van der Waals surface area contributed by atoms with Crippen molar-refractivity contribution in [3.63, 3.8) is 0 Å². The Morgan fingerprint density at radius 2 is 1.59 bits per heavy atom. The summed E-state index contributed by atoms with van der Waals surface area (Å²) in [6, 6.07) is 22.2. The van der Waals surface area contributed by atoms with Gasteiger partial charge in [-0.3, -0.25) is 0 Å². The molecule has 3 aromatic rings. The standard InChI is InChI=1S/C22H15ClN4O2/c23-20-10-7-18(13-21(20)29-19-8-3-16(14-25)4-9-19)27-22(28)26-17-5-1-15(2-6-17)11-12-24/h1-10,13H,11H2,(H2,26,27,28). The van der Waals surface area contributed by atoms with Crippen LogP contribution >= 0.6 is 11.6 Å². The van der Waals surface area contributed by atoms with Crippen LogP contribution in [0.25, 0.3) is 0 Å². The Balaban J connectivity index is 1.66. The molecule has 0 atom stereocenters. The topological polar surface area (TPSA) is 97.9 Å². The van der Waals surface area contributed by atoms with Crippen LogP contribution < -0.4 is 15.4 Å². The molecule has 0 aliphatic heterocycles. The van der Waals surface area contributed by atoms with E-state index < -0.39 is 6.03 Å². The second kappa shape index (κ2) is 9.27. The zero-order valence-electron chi connectivity index (χ0n) is 15.1. The number of rotatable bonds is 5. The Bertz CT molecular complexity index is 1100. The summed E-state index contributed by atoms with van der Waals surface area (Å²) in [5, 5.41) is 23.4. The number of carbonyl (C=O) groups is 1. The highest BCUT2D eigenvalue weighted by molar-refractivity contribution is 6.32. The summed E-state index contributed by atoms with van der Waals surface area (Å²) < 4.78 is 5.75. The Hall–Kier alpha value is -4.00. The van der Waals surface area contributed by atoms with Crippen molar-refractivity contribution in [1.82, 2.24) is 0 Å². The second-order valence-electron chi connectivity index (χ2n) is 5.99. The summed E-state index contributed by atoms with van der Waals surface area (Å²) in [6.45, 7) is 0. The van der Waals surface area contributed by atoms with E-state index in [0.717, 1.165) is 5.56 Å². The lowest BCUT2D eigenvalue weighted by molar-refractivity contribution is 0.262. The maximum absolute atomic E-state index is 12.2. The lowest BCUT2D eigenvalue weighted by Gasteiger charge is -2.11. The van der Waals surface area contributed by atoms with Gasteiger partial charge in [0.05, 0.1) is 29.1 Å². The molecule has 0 aromatic heterocycles. The van der Waals surface area contributed by atoms with Crippen molar-refractivity contribution in [1.29, 1.82) is 10.5 Å². The van der Waals surface area contributed by atoms with Gasteiger partial charge in [-0.15, -0.1) is 0 Å². The number of benzene rings is 3. The van der Waals surface area contributed by atoms with Crippen LogP contribution in [0.5, 0.6) is 11.5 Å². The molecule has 6 nitrogen and oxygen atoms in total. The van der Waals surface area contributed by atoms with Gasteiger partial charge in [0.1, 0.15) is 11.5 Å². The van der Waals surface area contributed by atoms with Gasteiger partial charge in [-0.05, 0) is 54.1 Å². The number of ether oxygens (including phenoxy) is 1. The van der Waals surface area contributed by atoms with Crippen LogP contribution in [0.1, 0.15) is 11.1 Å². The number of hydrogen-bond donors (Lipinski definition) is 2. The number of carbonyl (C=O) groups excluding carboxylic acids is 1. The zero-order chi connectivity index (χ0) is 20.6. The SMILES string of the molecule is N#CCc1ccc(NC(=O)Nc2ccc(Cl)c(Oc3ccc(C#N)cc3)c2)cc1. The van der Waals surface area contributed by atoms with Crippen molar-refractivity contribution in [3.8, 4) is 23.6 Å². The molecule has 7 heteroatoms. The average molecular weight is 403 g/mol. The Morgan fingerprint density at radius 1 is 0.931 bits per heavy atom. The molecule has 3 aromatic carbocycles. The molecule has 0 saturated heterocycles. The van der Waals surface area contributed by atoms with E-state index >= 15 is 0 Å². The Kier molecular flexibility index (Phi) is 6.32. The fourth-order valence-electron chi connectivity index (χ4n) is 2.47. The third-order valence-electron chi connectivity index (χ3n) is 3.90. The molecule has 29 heavy (non-hydrogen) atoms. The van der Waals surface area contributed by atoms with Crippen LogP contribution in [0, 0.1) is 22.7 Å². The fourth-order valence-corrected chi connectivity index (χ4v) is 2.63. The van der Waals surface area contributed by atoms with Crippen LogP contribution in [0.15, 0.2) is 66.7 Å². The lowest BCUT2D eigenvalue weighted by Crippen LogP contribution is -2.19. The zero-order valence-corrected chi connectivity index (χ0v) is 15.9. The largest absolute Gasteiger partial charge is 0.456 e. The summed E-state index contributed by atoms with van der Waals surface area (Å²) in [5.74, 6) is 0.889. The summed E-state index contributed by atoms with van der Waals surface area (Å²) in [6.07, 6.45) is 0.319. The summed E-state index contributed by atoms with van der Waals surface area (Å²) in [5.41, 5.74) is 2.50. The maximum Gasteiger partial charge on any atom is 0.323 e. The smallest absolute Gasteiger partial charge is 0.323 e. The van der Waals surface area contributed by atoms with Crippen LogP contribution in [-0.4, -0.2) is 6.03 Å². The lowest BCUT2D eigenvalue weighted by atomic mass is 10.1. The Morgan fingerprint density at radius 3 is 2.24 bits per heavy atom.